The highest BCUT2D eigenvalue weighted by molar-refractivity contribution is 5.82. The molecule has 12 heteroatoms. The molecule has 0 saturated carbocycles. The number of nitrogens with zero attached hydrogens (tertiary/aromatic N) is 2. The molecule has 1 N–H and O–H groups in total. The minimum absolute atomic E-state index is 0.0109. The van der Waals surface area contributed by atoms with Crippen LogP contribution in [-0.4, -0.2) is 77.6 Å². The van der Waals surface area contributed by atoms with E-state index in [1.165, 1.54) is 0 Å². The molecule has 1 saturated heterocycles. The van der Waals surface area contributed by atoms with E-state index in [1.54, 1.807) is 41.5 Å². The van der Waals surface area contributed by atoms with E-state index in [0.717, 1.165) is 0 Å². The van der Waals surface area contributed by atoms with Gasteiger partial charge in [-0.1, -0.05) is 0 Å². The number of ether oxygens (including phenoxy) is 3. The summed E-state index contributed by atoms with van der Waals surface area (Å²) in [6.45, 7) is 12.4. The molecule has 34 heavy (non-hydrogen) atoms. The van der Waals surface area contributed by atoms with Gasteiger partial charge in [-0.3, -0.25) is 4.79 Å². The van der Waals surface area contributed by atoms with Crippen LogP contribution in [0.4, 0.5) is 4.79 Å². The first-order valence-corrected chi connectivity index (χ1v) is 11.6. The Morgan fingerprint density at radius 1 is 1.06 bits per heavy atom. The molecular weight excluding hydrogens is 450 g/mol. The Bertz CT molecular complexity index is 693. The second kappa shape index (κ2) is 13.3. The van der Waals surface area contributed by atoms with Gasteiger partial charge in [0.15, 0.2) is 0 Å². The van der Waals surface area contributed by atoms with Crippen LogP contribution in [0.3, 0.4) is 0 Å². The highest BCUT2D eigenvalue weighted by Crippen LogP contribution is 2.15. The highest BCUT2D eigenvalue weighted by atomic mass is 17.0. The van der Waals surface area contributed by atoms with E-state index in [2.05, 4.69) is 15.1 Å². The molecule has 1 fully saturated rings. The fraction of sp³-hybridized carbons (Fsp3) is 0.864. The Morgan fingerprint density at radius 2 is 1.65 bits per heavy atom. The summed E-state index contributed by atoms with van der Waals surface area (Å²) in [6.07, 6.45) is 0.454. The first-order valence-electron chi connectivity index (χ1n) is 11.6. The summed E-state index contributed by atoms with van der Waals surface area (Å²) >= 11 is 0. The topological polar surface area (TPSA) is 147 Å². The molecule has 0 aromatic carbocycles. The monoisotopic (exact) mass is 489 g/mol. The van der Waals surface area contributed by atoms with E-state index in [9.17, 15) is 24.5 Å². The fourth-order valence-electron chi connectivity index (χ4n) is 3.28. The first-order chi connectivity index (χ1) is 15.6. The van der Waals surface area contributed by atoms with Crippen molar-refractivity contribution in [1.29, 1.82) is 0 Å². The number of amides is 1. The van der Waals surface area contributed by atoms with Crippen LogP contribution >= 0.6 is 0 Å². The first kappa shape index (κ1) is 29.4. The Hall–Kier alpha value is -2.63. The summed E-state index contributed by atoms with van der Waals surface area (Å²) in [4.78, 5) is 53.9. The van der Waals surface area contributed by atoms with Gasteiger partial charge < -0.3 is 29.3 Å². The molecule has 1 heterocycles. The molecule has 1 aliphatic heterocycles. The lowest BCUT2D eigenvalue weighted by Crippen LogP contribution is -2.45. The van der Waals surface area contributed by atoms with Crippen molar-refractivity contribution in [3.63, 3.8) is 0 Å². The van der Waals surface area contributed by atoms with Crippen LogP contribution in [-0.2, 0) is 28.6 Å². The number of carbonyl (C=O) groups is 3. The standard InChI is InChI=1S/C22H39N3O9/c1-21(2,3)32-18(26)9-8-17(23-20(28)33-22(4,5)6)19(27)31-15-7-12-24-13-10-16(11-14-24)34-25(29)30/h16-17H,7-15H2,1-6H3,(H,23,28)/t17-/m0/s1. The number of nitrogens with one attached hydrogen (secondary N) is 1. The van der Waals surface area contributed by atoms with Gasteiger partial charge in [0.25, 0.3) is 5.09 Å². The second-order valence-corrected chi connectivity index (χ2v) is 10.2. The molecule has 0 radical (unpaired) electrons. The average Bonchev–Trinajstić information content (AvgIpc) is 2.66. The van der Waals surface area contributed by atoms with Gasteiger partial charge in [-0.2, -0.15) is 0 Å². The van der Waals surface area contributed by atoms with E-state index >= 15 is 0 Å². The normalized spacial score (nSPS) is 16.3. The molecule has 0 unspecified atom stereocenters. The molecule has 1 amide bonds. The minimum atomic E-state index is -1.06. The van der Waals surface area contributed by atoms with Crippen LogP contribution in [0.15, 0.2) is 0 Å². The molecule has 0 bridgehead atoms. The summed E-state index contributed by atoms with van der Waals surface area (Å²) in [5.74, 6) is -1.15. The largest absolute Gasteiger partial charge is 0.464 e. The molecular formula is C22H39N3O9. The summed E-state index contributed by atoms with van der Waals surface area (Å²) in [5, 5.41) is 12.1. The van der Waals surface area contributed by atoms with Crippen molar-refractivity contribution in [2.24, 2.45) is 0 Å². The molecule has 0 spiro atoms. The number of alkyl carbamates (subject to hydrolysis) is 1. The molecule has 1 aliphatic rings. The van der Waals surface area contributed by atoms with Crippen molar-refractivity contribution in [3.8, 4) is 0 Å². The zero-order chi connectivity index (χ0) is 25.9. The lowest BCUT2D eigenvalue weighted by atomic mass is 10.1. The van der Waals surface area contributed by atoms with E-state index in [-0.39, 0.29) is 25.6 Å². The summed E-state index contributed by atoms with van der Waals surface area (Å²) in [6, 6.07) is -1.06. The van der Waals surface area contributed by atoms with E-state index in [1.807, 2.05) is 0 Å². The minimum Gasteiger partial charge on any atom is -0.464 e. The molecule has 0 aliphatic carbocycles. The van der Waals surface area contributed by atoms with Gasteiger partial charge >= 0.3 is 18.0 Å². The Balaban J connectivity index is 2.49. The van der Waals surface area contributed by atoms with Crippen LogP contribution in [0, 0.1) is 10.1 Å². The van der Waals surface area contributed by atoms with Crippen molar-refractivity contribution in [3.05, 3.63) is 10.1 Å². The molecule has 0 aromatic heterocycles. The second-order valence-electron chi connectivity index (χ2n) is 10.2. The molecule has 1 rings (SSSR count). The van der Waals surface area contributed by atoms with Gasteiger partial charge in [0.2, 0.25) is 0 Å². The lowest BCUT2D eigenvalue weighted by molar-refractivity contribution is -0.769. The molecule has 12 nitrogen and oxygen atoms in total. The van der Waals surface area contributed by atoms with Gasteiger partial charge in [0, 0.05) is 26.1 Å². The molecule has 196 valence electrons. The predicted octanol–water partition coefficient (Wildman–Crippen LogP) is 2.61. The maximum Gasteiger partial charge on any atom is 0.408 e. The zero-order valence-corrected chi connectivity index (χ0v) is 21.1. The Kier molecular flexibility index (Phi) is 11.5. The predicted molar refractivity (Wildman–Crippen MR) is 121 cm³/mol. The average molecular weight is 490 g/mol. The van der Waals surface area contributed by atoms with Crippen molar-refractivity contribution in [2.75, 3.05) is 26.2 Å². The van der Waals surface area contributed by atoms with Crippen LogP contribution < -0.4 is 5.32 Å². The zero-order valence-electron chi connectivity index (χ0n) is 21.1. The third-order valence-corrected chi connectivity index (χ3v) is 4.67. The van der Waals surface area contributed by atoms with Gasteiger partial charge in [0.05, 0.1) is 6.61 Å². The molecule has 1 atom stereocenters. The van der Waals surface area contributed by atoms with E-state index in [0.29, 0.717) is 38.9 Å². The third kappa shape index (κ3) is 13.8. The number of likely N-dealkylation sites (tertiary alicyclic amines) is 1. The van der Waals surface area contributed by atoms with Gasteiger partial charge in [0.1, 0.15) is 23.3 Å². The number of hydrogen-bond donors (Lipinski definition) is 1. The van der Waals surface area contributed by atoms with Crippen LogP contribution in [0.1, 0.15) is 73.6 Å². The van der Waals surface area contributed by atoms with Crippen molar-refractivity contribution < 1.29 is 38.5 Å². The number of carbonyl (C=O) groups excluding carboxylic acids is 3. The maximum atomic E-state index is 12.6. The summed E-state index contributed by atoms with van der Waals surface area (Å²) in [7, 11) is 0. The Labute approximate surface area is 200 Å². The van der Waals surface area contributed by atoms with Crippen LogP contribution in [0.5, 0.6) is 0 Å². The quantitative estimate of drug-likeness (QED) is 0.151. The number of rotatable bonds is 11. The van der Waals surface area contributed by atoms with Gasteiger partial charge in [-0.15, -0.1) is 10.1 Å². The van der Waals surface area contributed by atoms with Crippen molar-refractivity contribution in [1.82, 2.24) is 10.2 Å². The van der Waals surface area contributed by atoms with Crippen LogP contribution in [0.2, 0.25) is 0 Å². The summed E-state index contributed by atoms with van der Waals surface area (Å²) < 4.78 is 15.8. The third-order valence-electron chi connectivity index (χ3n) is 4.67. The van der Waals surface area contributed by atoms with Crippen LogP contribution in [0.25, 0.3) is 0 Å². The molecule has 0 aromatic rings. The van der Waals surface area contributed by atoms with Crippen molar-refractivity contribution in [2.45, 2.75) is 97.0 Å². The summed E-state index contributed by atoms with van der Waals surface area (Å²) in [5.41, 5.74) is -1.41. The van der Waals surface area contributed by atoms with Crippen molar-refractivity contribution >= 4 is 18.0 Å². The highest BCUT2D eigenvalue weighted by Gasteiger charge is 2.28. The maximum absolute atomic E-state index is 12.6. The SMILES string of the molecule is CC(C)(C)OC(=O)CC[C@H](NC(=O)OC(C)(C)C)C(=O)OCCCN1CCC(O[N+](=O)[O-])CC1. The number of piperidine rings is 1. The fourth-order valence-corrected chi connectivity index (χ4v) is 3.28. The number of esters is 2. The van der Waals surface area contributed by atoms with E-state index < -0.39 is 40.4 Å². The van der Waals surface area contributed by atoms with E-state index in [4.69, 9.17) is 14.2 Å². The Morgan fingerprint density at radius 3 is 2.18 bits per heavy atom. The smallest absolute Gasteiger partial charge is 0.408 e. The lowest BCUT2D eigenvalue weighted by Gasteiger charge is -2.30. The van der Waals surface area contributed by atoms with Gasteiger partial charge in [-0.25, -0.2) is 9.59 Å². The number of hydrogen-bond acceptors (Lipinski definition) is 10. The van der Waals surface area contributed by atoms with Gasteiger partial charge in [-0.05, 0) is 67.2 Å².